The van der Waals surface area contributed by atoms with Gasteiger partial charge in [-0.3, -0.25) is 0 Å². The van der Waals surface area contributed by atoms with Gasteiger partial charge in [0, 0.05) is 12.1 Å². The van der Waals surface area contributed by atoms with Crippen LogP contribution in [-0.2, 0) is 10.0 Å². The normalized spacial score (nSPS) is 30.9. The molecule has 0 aliphatic heterocycles. The van der Waals surface area contributed by atoms with Crippen LogP contribution in [0.25, 0.3) is 0 Å². The summed E-state index contributed by atoms with van der Waals surface area (Å²) in [6, 6.07) is -0.794. The summed E-state index contributed by atoms with van der Waals surface area (Å²) in [5.74, 6) is -3.37. The van der Waals surface area contributed by atoms with Gasteiger partial charge in [-0.2, -0.15) is 8.78 Å². The highest BCUT2D eigenvalue weighted by Crippen LogP contribution is 2.20. The largest absolute Gasteiger partial charge is 0.350 e. The first-order valence-electron chi connectivity index (χ1n) is 2.98. The molecule has 2 atom stereocenters. The van der Waals surface area contributed by atoms with Gasteiger partial charge < -0.3 is 5.73 Å². The number of nitrogens with one attached hydrogen (secondary N) is 1. The van der Waals surface area contributed by atoms with E-state index in [2.05, 4.69) is 0 Å². The Morgan fingerprint density at radius 2 is 2.00 bits per heavy atom. The Labute approximate surface area is 62.8 Å². The van der Waals surface area contributed by atoms with Crippen LogP contribution in [0.1, 0.15) is 6.42 Å². The minimum Gasteiger partial charge on any atom is -0.326 e. The van der Waals surface area contributed by atoms with Gasteiger partial charge in [-0.25, -0.2) is 13.1 Å². The summed E-state index contributed by atoms with van der Waals surface area (Å²) < 4.78 is 45.9. The molecule has 0 aromatic rings. The molecule has 3 N–H and O–H groups in total. The van der Waals surface area contributed by atoms with E-state index in [-0.39, 0.29) is 6.04 Å². The van der Waals surface area contributed by atoms with Crippen LogP contribution in [-0.4, -0.2) is 26.3 Å². The van der Waals surface area contributed by atoms with Crippen molar-refractivity contribution in [3.8, 4) is 0 Å². The number of hydrogen-bond acceptors (Lipinski definition) is 3. The third-order valence-electron chi connectivity index (χ3n) is 1.39. The molecule has 0 aromatic carbocycles. The lowest BCUT2D eigenvalue weighted by Crippen LogP contribution is -2.33. The summed E-state index contributed by atoms with van der Waals surface area (Å²) >= 11 is 0. The van der Waals surface area contributed by atoms with Crippen LogP contribution in [0.4, 0.5) is 8.78 Å². The minimum absolute atomic E-state index is 0.302. The van der Waals surface area contributed by atoms with Crippen LogP contribution in [0.5, 0.6) is 0 Å². The van der Waals surface area contributed by atoms with Gasteiger partial charge >= 0.3 is 5.76 Å². The van der Waals surface area contributed by atoms with Gasteiger partial charge in [0.1, 0.15) is 0 Å². The van der Waals surface area contributed by atoms with Gasteiger partial charge in [0.15, 0.2) is 0 Å². The fourth-order valence-electron chi connectivity index (χ4n) is 0.613. The topological polar surface area (TPSA) is 72.2 Å². The molecule has 1 fully saturated rings. The SMILES string of the molecule is NC1CC1NS(=O)(=O)C(F)F. The summed E-state index contributed by atoms with van der Waals surface area (Å²) in [6.07, 6.45) is 0.436. The third kappa shape index (κ3) is 2.08. The van der Waals surface area contributed by atoms with Crippen molar-refractivity contribution in [2.45, 2.75) is 24.3 Å². The Morgan fingerprint density at radius 1 is 1.55 bits per heavy atom. The first-order valence-corrected chi connectivity index (χ1v) is 4.53. The van der Waals surface area contributed by atoms with Crippen LogP contribution in [0.2, 0.25) is 0 Å². The molecule has 0 amide bonds. The van der Waals surface area contributed by atoms with Crippen molar-refractivity contribution in [3.05, 3.63) is 0 Å². The monoisotopic (exact) mass is 186 g/mol. The van der Waals surface area contributed by atoms with E-state index in [0.29, 0.717) is 6.42 Å². The molecule has 0 radical (unpaired) electrons. The third-order valence-corrected chi connectivity index (χ3v) is 2.49. The molecule has 0 spiro atoms. The molecule has 0 heterocycles. The number of alkyl halides is 2. The molecule has 0 bridgehead atoms. The Bertz CT molecular complexity index is 240. The first-order chi connectivity index (χ1) is 4.93. The molecule has 1 rings (SSSR count). The maximum absolute atomic E-state index is 11.6. The van der Waals surface area contributed by atoms with E-state index >= 15 is 0 Å². The van der Waals surface area contributed by atoms with Crippen molar-refractivity contribution >= 4 is 10.0 Å². The Balaban J connectivity index is 2.48. The molecular formula is C4H8F2N2O2S. The lowest BCUT2D eigenvalue weighted by molar-refractivity contribution is 0.232. The van der Waals surface area contributed by atoms with Gasteiger partial charge in [-0.1, -0.05) is 0 Å². The van der Waals surface area contributed by atoms with E-state index in [4.69, 9.17) is 5.73 Å². The van der Waals surface area contributed by atoms with E-state index < -0.39 is 21.8 Å². The standard InChI is InChI=1S/C4H8F2N2O2S/c5-4(6)11(9,10)8-3-1-2(3)7/h2-4,8H,1,7H2. The zero-order valence-electron chi connectivity index (χ0n) is 5.50. The number of nitrogens with two attached hydrogens (primary N) is 1. The molecule has 66 valence electrons. The van der Waals surface area contributed by atoms with Crippen LogP contribution in [0, 0.1) is 0 Å². The van der Waals surface area contributed by atoms with Crippen LogP contribution < -0.4 is 10.5 Å². The maximum atomic E-state index is 11.6. The minimum atomic E-state index is -4.43. The molecule has 7 heteroatoms. The highest BCUT2D eigenvalue weighted by atomic mass is 32.2. The Hall–Kier alpha value is -0.270. The van der Waals surface area contributed by atoms with Crippen molar-refractivity contribution in [1.82, 2.24) is 4.72 Å². The van der Waals surface area contributed by atoms with Crippen molar-refractivity contribution in [2.75, 3.05) is 0 Å². The highest BCUT2D eigenvalue weighted by Gasteiger charge is 2.39. The van der Waals surface area contributed by atoms with E-state index in [1.54, 1.807) is 4.72 Å². The van der Waals surface area contributed by atoms with Crippen molar-refractivity contribution in [3.63, 3.8) is 0 Å². The van der Waals surface area contributed by atoms with Crippen LogP contribution >= 0.6 is 0 Å². The summed E-state index contributed by atoms with van der Waals surface area (Å²) in [4.78, 5) is 0. The maximum Gasteiger partial charge on any atom is 0.350 e. The molecule has 0 saturated heterocycles. The molecular weight excluding hydrogens is 178 g/mol. The molecule has 4 nitrogen and oxygen atoms in total. The molecule has 2 unspecified atom stereocenters. The van der Waals surface area contributed by atoms with Gasteiger partial charge in [-0.05, 0) is 6.42 Å². The molecule has 11 heavy (non-hydrogen) atoms. The Morgan fingerprint density at radius 3 is 2.27 bits per heavy atom. The number of rotatable bonds is 3. The van der Waals surface area contributed by atoms with E-state index in [0.717, 1.165) is 0 Å². The molecule has 1 aliphatic rings. The highest BCUT2D eigenvalue weighted by molar-refractivity contribution is 7.89. The number of hydrogen-bond donors (Lipinski definition) is 2. The summed E-state index contributed by atoms with van der Waals surface area (Å²) in [6.45, 7) is 0. The van der Waals surface area contributed by atoms with Gasteiger partial charge in [0.25, 0.3) is 10.0 Å². The van der Waals surface area contributed by atoms with E-state index in [1.807, 2.05) is 0 Å². The van der Waals surface area contributed by atoms with Gasteiger partial charge in [0.2, 0.25) is 0 Å². The summed E-state index contributed by atoms with van der Waals surface area (Å²) in [7, 11) is -4.43. The lowest BCUT2D eigenvalue weighted by atomic mass is 10.7. The predicted octanol–water partition coefficient (Wildman–Crippen LogP) is -0.772. The van der Waals surface area contributed by atoms with Crippen molar-refractivity contribution in [2.24, 2.45) is 5.73 Å². The predicted molar refractivity (Wildman–Crippen MR) is 34.4 cm³/mol. The number of sulfonamides is 1. The Kier molecular flexibility index (Phi) is 2.13. The average molecular weight is 186 g/mol. The van der Waals surface area contributed by atoms with Crippen LogP contribution in [0.3, 0.4) is 0 Å². The molecule has 1 aliphatic carbocycles. The second-order valence-corrected chi connectivity index (χ2v) is 4.11. The van der Waals surface area contributed by atoms with E-state index in [1.165, 1.54) is 0 Å². The zero-order chi connectivity index (χ0) is 8.65. The quantitative estimate of drug-likeness (QED) is 0.607. The second kappa shape index (κ2) is 2.65. The average Bonchev–Trinajstić information content (AvgIpc) is 2.45. The molecule has 1 saturated carbocycles. The van der Waals surface area contributed by atoms with Gasteiger partial charge in [0.05, 0.1) is 0 Å². The van der Waals surface area contributed by atoms with Crippen molar-refractivity contribution in [1.29, 1.82) is 0 Å². The lowest BCUT2D eigenvalue weighted by Gasteiger charge is -2.02. The fraction of sp³-hybridized carbons (Fsp3) is 1.00. The second-order valence-electron chi connectivity index (χ2n) is 2.43. The fourth-order valence-corrected chi connectivity index (χ4v) is 1.41. The smallest absolute Gasteiger partial charge is 0.326 e. The number of halogens is 2. The van der Waals surface area contributed by atoms with Crippen molar-refractivity contribution < 1.29 is 17.2 Å². The summed E-state index contributed by atoms with van der Waals surface area (Å²) in [5.41, 5.74) is 5.20. The van der Waals surface area contributed by atoms with Gasteiger partial charge in [-0.15, -0.1) is 0 Å². The summed E-state index contributed by atoms with van der Waals surface area (Å²) in [5, 5.41) is 0. The zero-order valence-corrected chi connectivity index (χ0v) is 6.31. The molecule has 0 aromatic heterocycles. The first kappa shape index (κ1) is 8.82. The van der Waals surface area contributed by atoms with E-state index in [9.17, 15) is 17.2 Å². The van der Waals surface area contributed by atoms with Crippen LogP contribution in [0.15, 0.2) is 0 Å².